The number of nitrogens with zero attached hydrogens (tertiary/aromatic N) is 1. The predicted molar refractivity (Wildman–Crippen MR) is 56.1 cm³/mol. The van der Waals surface area contributed by atoms with Gasteiger partial charge in [-0.25, -0.2) is 0 Å². The molecule has 0 amide bonds. The van der Waals surface area contributed by atoms with Crippen LogP contribution < -0.4 is 5.73 Å². The first-order valence-electron chi connectivity index (χ1n) is 5.25. The summed E-state index contributed by atoms with van der Waals surface area (Å²) in [6, 6.07) is 0. The molecule has 0 aromatic rings. The van der Waals surface area contributed by atoms with Gasteiger partial charge in [-0.3, -0.25) is 4.90 Å². The van der Waals surface area contributed by atoms with Crippen molar-refractivity contribution in [2.24, 2.45) is 5.73 Å². The molecule has 4 heteroatoms. The maximum atomic E-state index is 9.45. The number of β-amino-alcohol motifs (C(OH)–C–C–N with tert-alkyl or cyclic N) is 1. The molecule has 1 fully saturated rings. The van der Waals surface area contributed by atoms with Crippen LogP contribution in [0.25, 0.3) is 0 Å². The van der Waals surface area contributed by atoms with E-state index in [2.05, 4.69) is 11.8 Å². The van der Waals surface area contributed by atoms with Crippen molar-refractivity contribution in [1.82, 2.24) is 4.90 Å². The quantitative estimate of drug-likeness (QED) is 0.663. The molecule has 0 saturated carbocycles. The number of rotatable bonds is 4. The lowest BCUT2D eigenvalue weighted by Gasteiger charge is -2.40. The van der Waals surface area contributed by atoms with Gasteiger partial charge in [-0.2, -0.15) is 0 Å². The van der Waals surface area contributed by atoms with Crippen molar-refractivity contribution in [3.8, 4) is 0 Å². The van der Waals surface area contributed by atoms with Crippen LogP contribution in [0.5, 0.6) is 0 Å². The van der Waals surface area contributed by atoms with E-state index in [1.54, 1.807) is 7.11 Å². The average Bonchev–Trinajstić information content (AvgIpc) is 2.18. The molecular weight excluding hydrogens is 180 g/mol. The van der Waals surface area contributed by atoms with Crippen LogP contribution in [0.1, 0.15) is 19.8 Å². The standard InChI is InChI=1S/C10H22N2O2/c1-10(14-2)4-3-5-12(8-10)7-9(13)6-11/h9,13H,3-8,11H2,1-2H3. The Morgan fingerprint density at radius 3 is 2.93 bits per heavy atom. The summed E-state index contributed by atoms with van der Waals surface area (Å²) in [5.74, 6) is 0. The van der Waals surface area contributed by atoms with E-state index in [1.165, 1.54) is 0 Å². The smallest absolute Gasteiger partial charge is 0.0789 e. The first-order valence-corrected chi connectivity index (χ1v) is 5.25. The van der Waals surface area contributed by atoms with Crippen LogP contribution in [0, 0.1) is 0 Å². The topological polar surface area (TPSA) is 58.7 Å². The number of hydrogen-bond acceptors (Lipinski definition) is 4. The van der Waals surface area contributed by atoms with Crippen LogP contribution in [-0.2, 0) is 4.74 Å². The number of aliphatic hydroxyl groups excluding tert-OH is 1. The Bertz CT molecular complexity index is 178. The highest BCUT2D eigenvalue weighted by Gasteiger charge is 2.31. The molecule has 0 spiro atoms. The minimum atomic E-state index is -0.408. The summed E-state index contributed by atoms with van der Waals surface area (Å²) < 4.78 is 5.47. The summed E-state index contributed by atoms with van der Waals surface area (Å²) >= 11 is 0. The van der Waals surface area contributed by atoms with Gasteiger partial charge in [0.15, 0.2) is 0 Å². The third kappa shape index (κ3) is 3.20. The second-order valence-corrected chi connectivity index (χ2v) is 4.38. The molecule has 2 unspecified atom stereocenters. The van der Waals surface area contributed by atoms with E-state index in [1.807, 2.05) is 0 Å². The second-order valence-electron chi connectivity index (χ2n) is 4.38. The molecule has 4 nitrogen and oxygen atoms in total. The summed E-state index contributed by atoms with van der Waals surface area (Å²) in [7, 11) is 1.75. The maximum Gasteiger partial charge on any atom is 0.0789 e. The van der Waals surface area contributed by atoms with Gasteiger partial charge in [0.05, 0.1) is 11.7 Å². The van der Waals surface area contributed by atoms with Crippen LogP contribution in [-0.4, -0.2) is 55.0 Å². The Kier molecular flexibility index (Phi) is 4.31. The maximum absolute atomic E-state index is 9.45. The summed E-state index contributed by atoms with van der Waals surface area (Å²) in [5.41, 5.74) is 5.33. The van der Waals surface area contributed by atoms with E-state index in [0.717, 1.165) is 25.9 Å². The van der Waals surface area contributed by atoms with Gasteiger partial charge in [0.1, 0.15) is 0 Å². The molecule has 1 rings (SSSR count). The lowest BCUT2D eigenvalue weighted by atomic mass is 9.94. The fraction of sp³-hybridized carbons (Fsp3) is 1.00. The Labute approximate surface area is 86.0 Å². The molecule has 3 N–H and O–H groups in total. The highest BCUT2D eigenvalue weighted by Crippen LogP contribution is 2.23. The fourth-order valence-electron chi connectivity index (χ4n) is 2.00. The van der Waals surface area contributed by atoms with Crippen molar-refractivity contribution in [3.63, 3.8) is 0 Å². The van der Waals surface area contributed by atoms with E-state index < -0.39 is 6.10 Å². The predicted octanol–water partition coefficient (Wildman–Crippen LogP) is -0.193. The number of nitrogens with two attached hydrogens (primary N) is 1. The monoisotopic (exact) mass is 202 g/mol. The first kappa shape index (κ1) is 11.9. The minimum Gasteiger partial charge on any atom is -0.390 e. The van der Waals surface area contributed by atoms with Crippen LogP contribution in [0.4, 0.5) is 0 Å². The molecule has 1 aliphatic rings. The van der Waals surface area contributed by atoms with E-state index in [-0.39, 0.29) is 5.60 Å². The first-order chi connectivity index (χ1) is 6.59. The lowest BCUT2D eigenvalue weighted by molar-refractivity contribution is -0.0578. The third-order valence-electron chi connectivity index (χ3n) is 2.97. The average molecular weight is 202 g/mol. The number of methoxy groups -OCH3 is 1. The van der Waals surface area contributed by atoms with E-state index in [4.69, 9.17) is 10.5 Å². The zero-order valence-electron chi connectivity index (χ0n) is 9.20. The van der Waals surface area contributed by atoms with Crippen molar-refractivity contribution in [1.29, 1.82) is 0 Å². The zero-order chi connectivity index (χ0) is 10.6. The van der Waals surface area contributed by atoms with Gasteiger partial charge >= 0.3 is 0 Å². The van der Waals surface area contributed by atoms with Gasteiger partial charge in [0.25, 0.3) is 0 Å². The Balaban J connectivity index is 2.40. The van der Waals surface area contributed by atoms with E-state index >= 15 is 0 Å². The lowest BCUT2D eigenvalue weighted by Crippen LogP contribution is -2.50. The molecule has 0 aliphatic carbocycles. The highest BCUT2D eigenvalue weighted by atomic mass is 16.5. The zero-order valence-corrected chi connectivity index (χ0v) is 9.20. The third-order valence-corrected chi connectivity index (χ3v) is 2.97. The van der Waals surface area contributed by atoms with Crippen LogP contribution in [0.3, 0.4) is 0 Å². The van der Waals surface area contributed by atoms with E-state index in [0.29, 0.717) is 13.1 Å². The molecule has 1 saturated heterocycles. The van der Waals surface area contributed by atoms with Crippen molar-refractivity contribution in [2.45, 2.75) is 31.5 Å². The largest absolute Gasteiger partial charge is 0.390 e. The van der Waals surface area contributed by atoms with Crippen LogP contribution in [0.2, 0.25) is 0 Å². The van der Waals surface area contributed by atoms with Crippen molar-refractivity contribution in [3.05, 3.63) is 0 Å². The minimum absolute atomic E-state index is 0.0490. The van der Waals surface area contributed by atoms with Gasteiger partial charge in [0, 0.05) is 26.7 Å². The molecule has 0 aromatic heterocycles. The molecule has 0 aromatic carbocycles. The number of aliphatic hydroxyl groups is 1. The highest BCUT2D eigenvalue weighted by molar-refractivity contribution is 4.85. The number of ether oxygens (including phenoxy) is 1. The second kappa shape index (κ2) is 5.07. The normalized spacial score (nSPS) is 31.7. The van der Waals surface area contributed by atoms with Gasteiger partial charge in [0.2, 0.25) is 0 Å². The van der Waals surface area contributed by atoms with Crippen LogP contribution >= 0.6 is 0 Å². The summed E-state index contributed by atoms with van der Waals surface area (Å²) in [6.07, 6.45) is 1.81. The molecule has 0 bridgehead atoms. The van der Waals surface area contributed by atoms with Crippen molar-refractivity contribution < 1.29 is 9.84 Å². The van der Waals surface area contributed by atoms with Gasteiger partial charge in [-0.05, 0) is 26.3 Å². The van der Waals surface area contributed by atoms with Gasteiger partial charge in [-0.15, -0.1) is 0 Å². The molecule has 84 valence electrons. The Morgan fingerprint density at radius 1 is 1.64 bits per heavy atom. The number of piperidine rings is 1. The number of hydrogen-bond donors (Lipinski definition) is 2. The van der Waals surface area contributed by atoms with Crippen molar-refractivity contribution >= 4 is 0 Å². The van der Waals surface area contributed by atoms with Gasteiger partial charge < -0.3 is 15.6 Å². The summed E-state index contributed by atoms with van der Waals surface area (Å²) in [5, 5.41) is 9.45. The van der Waals surface area contributed by atoms with Crippen molar-refractivity contribution in [2.75, 3.05) is 33.3 Å². The molecule has 14 heavy (non-hydrogen) atoms. The molecule has 2 atom stereocenters. The molecule has 1 heterocycles. The summed E-state index contributed by atoms with van der Waals surface area (Å²) in [6.45, 7) is 5.04. The molecular formula is C10H22N2O2. The van der Waals surface area contributed by atoms with Gasteiger partial charge in [-0.1, -0.05) is 0 Å². The molecule has 1 aliphatic heterocycles. The Morgan fingerprint density at radius 2 is 2.36 bits per heavy atom. The summed E-state index contributed by atoms with van der Waals surface area (Å²) in [4.78, 5) is 2.23. The number of likely N-dealkylation sites (tertiary alicyclic amines) is 1. The SMILES string of the molecule is COC1(C)CCCN(CC(O)CN)C1. The van der Waals surface area contributed by atoms with Crippen LogP contribution in [0.15, 0.2) is 0 Å². The molecule has 0 radical (unpaired) electrons. The van der Waals surface area contributed by atoms with E-state index in [9.17, 15) is 5.11 Å². The fourth-order valence-corrected chi connectivity index (χ4v) is 2.00. The Hall–Kier alpha value is -0.160.